The van der Waals surface area contributed by atoms with E-state index in [1.807, 2.05) is 0 Å². The summed E-state index contributed by atoms with van der Waals surface area (Å²) in [6.07, 6.45) is 8.72. The first kappa shape index (κ1) is 25.3. The minimum Gasteiger partial charge on any atom is -0.380 e. The molecule has 2 aromatic carbocycles. The van der Waals surface area contributed by atoms with Gasteiger partial charge in [-0.25, -0.2) is 4.39 Å². The average molecular weight is 510 g/mol. The largest absolute Gasteiger partial charge is 0.380 e. The maximum Gasteiger partial charge on any atom is 0.232 e. The van der Waals surface area contributed by atoms with Crippen LogP contribution in [0.3, 0.4) is 0 Å². The minimum atomic E-state index is -0.284. The van der Waals surface area contributed by atoms with E-state index >= 15 is 0 Å². The molecule has 35 heavy (non-hydrogen) atoms. The number of aryl methyl sites for hydroxylation is 1. The normalized spacial score (nSPS) is 14.3. The molecule has 184 valence electrons. The summed E-state index contributed by atoms with van der Waals surface area (Å²) in [7, 11) is 0. The van der Waals surface area contributed by atoms with Gasteiger partial charge < -0.3 is 10.6 Å². The second-order valence-corrected chi connectivity index (χ2v) is 10.6. The fourth-order valence-corrected chi connectivity index (χ4v) is 5.95. The van der Waals surface area contributed by atoms with Gasteiger partial charge in [0.25, 0.3) is 0 Å². The lowest BCUT2D eigenvalue weighted by molar-refractivity contribution is -0.119. The maximum absolute atomic E-state index is 13.1. The van der Waals surface area contributed by atoms with Crippen LogP contribution in [-0.2, 0) is 11.3 Å². The van der Waals surface area contributed by atoms with Crippen molar-refractivity contribution in [3.05, 3.63) is 88.3 Å². The van der Waals surface area contributed by atoms with Gasteiger partial charge in [0.1, 0.15) is 5.82 Å². The summed E-state index contributed by atoms with van der Waals surface area (Å²) < 4.78 is 17.3. The van der Waals surface area contributed by atoms with Gasteiger partial charge in [-0.1, -0.05) is 37.6 Å². The van der Waals surface area contributed by atoms with Gasteiger partial charge in [-0.2, -0.15) is 0 Å². The Morgan fingerprint density at radius 3 is 2.66 bits per heavy atom. The Kier molecular flexibility index (Phi) is 8.88. The molecule has 0 bridgehead atoms. The highest BCUT2D eigenvalue weighted by Gasteiger charge is 2.18. The molecule has 1 aromatic heterocycles. The van der Waals surface area contributed by atoms with Gasteiger partial charge >= 0.3 is 0 Å². The topological polar surface area (TPSA) is 53.2 Å². The molecule has 4 nitrogen and oxygen atoms in total. The van der Waals surface area contributed by atoms with Gasteiger partial charge in [0.05, 0.1) is 11.4 Å². The Hall–Kier alpha value is -2.77. The van der Waals surface area contributed by atoms with Crippen LogP contribution in [0.5, 0.6) is 0 Å². The fraction of sp³-hybridized carbons (Fsp3) is 0.321. The van der Waals surface area contributed by atoms with Gasteiger partial charge in [0.2, 0.25) is 5.91 Å². The number of thiophene rings is 1. The lowest BCUT2D eigenvalue weighted by Gasteiger charge is -2.25. The second-order valence-electron chi connectivity index (χ2n) is 8.79. The van der Waals surface area contributed by atoms with Crippen LogP contribution in [-0.4, -0.2) is 11.9 Å². The molecule has 0 fully saturated rings. The third-order valence-electron chi connectivity index (χ3n) is 6.03. The smallest absolute Gasteiger partial charge is 0.232 e. The Bertz CT molecular complexity index is 1220. The first-order valence-electron chi connectivity index (χ1n) is 12.1. The Morgan fingerprint density at radius 2 is 1.89 bits per heavy atom. The number of rotatable bonds is 11. The van der Waals surface area contributed by atoms with E-state index in [9.17, 15) is 9.18 Å². The maximum atomic E-state index is 13.1. The molecule has 0 aliphatic heterocycles. The van der Waals surface area contributed by atoms with Crippen LogP contribution >= 0.6 is 23.3 Å². The highest BCUT2D eigenvalue weighted by atomic mass is 32.2. The predicted octanol–water partition coefficient (Wildman–Crippen LogP) is 6.97. The molecular weight excluding hydrogens is 477 g/mol. The van der Waals surface area contributed by atoms with Crippen molar-refractivity contribution in [2.75, 3.05) is 0 Å². The zero-order chi connectivity index (χ0) is 24.6. The monoisotopic (exact) mass is 509 g/mol. The van der Waals surface area contributed by atoms with Gasteiger partial charge in [-0.05, 0) is 85.0 Å². The lowest BCUT2D eigenvalue weighted by Crippen LogP contribution is -2.36. The lowest BCUT2D eigenvalue weighted by atomic mass is 10.0. The van der Waals surface area contributed by atoms with E-state index in [0.717, 1.165) is 48.5 Å². The molecule has 1 atom stereocenters. The number of fused-ring (bicyclic) bond motifs is 1. The molecule has 0 radical (unpaired) electrons. The van der Waals surface area contributed by atoms with Crippen molar-refractivity contribution < 1.29 is 9.18 Å². The van der Waals surface area contributed by atoms with Gasteiger partial charge in [0, 0.05) is 34.0 Å². The summed E-state index contributed by atoms with van der Waals surface area (Å²) in [5.74, 6) is -0.325. The van der Waals surface area contributed by atoms with Crippen molar-refractivity contribution in [3.63, 3.8) is 0 Å². The quantitative estimate of drug-likeness (QED) is 0.244. The van der Waals surface area contributed by atoms with E-state index in [1.165, 1.54) is 45.3 Å². The van der Waals surface area contributed by atoms with Crippen LogP contribution in [0, 0.1) is 12.7 Å². The van der Waals surface area contributed by atoms with E-state index in [-0.39, 0.29) is 17.8 Å². The number of allylic oxidation sites excluding steroid dienone is 2. The molecule has 0 spiro atoms. The molecule has 1 aliphatic carbocycles. The molecule has 1 unspecified atom stereocenters. The van der Waals surface area contributed by atoms with E-state index in [1.54, 1.807) is 23.5 Å². The summed E-state index contributed by atoms with van der Waals surface area (Å²) in [5, 5.41) is 10.9. The first-order valence-corrected chi connectivity index (χ1v) is 13.8. The Balaban J connectivity index is 1.35. The zero-order valence-electron chi connectivity index (χ0n) is 20.2. The molecule has 7 heteroatoms. The molecule has 3 N–H and O–H groups in total. The van der Waals surface area contributed by atoms with Crippen molar-refractivity contribution in [3.8, 4) is 0 Å². The van der Waals surface area contributed by atoms with Crippen LogP contribution in [0.4, 0.5) is 4.39 Å². The van der Waals surface area contributed by atoms with Crippen molar-refractivity contribution in [1.29, 1.82) is 0 Å². The molecule has 4 rings (SSSR count). The van der Waals surface area contributed by atoms with Gasteiger partial charge in [-0.3, -0.25) is 9.52 Å². The molecule has 1 amide bonds. The number of hydrogen-bond donors (Lipinski definition) is 3. The number of nitrogens with one attached hydrogen (secondary N) is 3. The Labute approximate surface area is 215 Å². The van der Waals surface area contributed by atoms with Crippen LogP contribution in [0.25, 0.3) is 10.1 Å². The number of halogens is 1. The molecule has 0 saturated carbocycles. The van der Waals surface area contributed by atoms with E-state index < -0.39 is 0 Å². The van der Waals surface area contributed by atoms with Crippen molar-refractivity contribution in [2.24, 2.45) is 0 Å². The van der Waals surface area contributed by atoms with Crippen LogP contribution in [0.15, 0.2) is 76.3 Å². The highest BCUT2D eigenvalue weighted by molar-refractivity contribution is 7.98. The molecule has 1 aliphatic rings. The summed E-state index contributed by atoms with van der Waals surface area (Å²) >= 11 is 3.01. The summed E-state index contributed by atoms with van der Waals surface area (Å²) in [6, 6.07) is 12.6. The van der Waals surface area contributed by atoms with E-state index in [0.29, 0.717) is 6.42 Å². The van der Waals surface area contributed by atoms with Crippen molar-refractivity contribution >= 4 is 39.3 Å². The summed E-state index contributed by atoms with van der Waals surface area (Å²) in [4.78, 5) is 13.4. The number of carbonyl (C=O) groups is 1. The van der Waals surface area contributed by atoms with E-state index in [4.69, 9.17) is 0 Å². The number of benzene rings is 2. The number of hydrogen-bond acceptors (Lipinski definition) is 5. The van der Waals surface area contributed by atoms with Gasteiger partial charge in [-0.15, -0.1) is 11.3 Å². The standard InChI is InChI=1S/C28H32FN3OS2/c1-3-7-22(16-27(33)32-35-23-14-12-21(29)13-15-23)31-25-10-5-4-9-24(25)30-17-20-18-34-26-11-6-8-19(2)28(20)26/h6,8-15,18,22,30-31H,3-5,7,16-17H2,1-2H3,(H,32,33). The van der Waals surface area contributed by atoms with E-state index in [2.05, 4.69) is 64.9 Å². The molecule has 1 heterocycles. The minimum absolute atomic E-state index is 0.0348. The van der Waals surface area contributed by atoms with Crippen LogP contribution < -0.4 is 15.4 Å². The third kappa shape index (κ3) is 6.89. The molecular formula is C28H32FN3OS2. The summed E-state index contributed by atoms with van der Waals surface area (Å²) in [5.41, 5.74) is 4.80. The van der Waals surface area contributed by atoms with Gasteiger partial charge in [0.15, 0.2) is 0 Å². The zero-order valence-corrected chi connectivity index (χ0v) is 21.8. The Morgan fingerprint density at radius 1 is 1.11 bits per heavy atom. The number of carbonyl (C=O) groups excluding carboxylic acids is 1. The highest BCUT2D eigenvalue weighted by Crippen LogP contribution is 2.29. The molecule has 3 aromatic rings. The van der Waals surface area contributed by atoms with Crippen LogP contribution in [0.2, 0.25) is 0 Å². The molecule has 0 saturated heterocycles. The fourth-order valence-electron chi connectivity index (χ4n) is 4.32. The summed E-state index contributed by atoms with van der Waals surface area (Å²) in [6.45, 7) is 5.07. The second kappa shape index (κ2) is 12.3. The van der Waals surface area contributed by atoms with Crippen molar-refractivity contribution in [1.82, 2.24) is 15.4 Å². The van der Waals surface area contributed by atoms with Crippen LogP contribution in [0.1, 0.15) is 50.2 Å². The third-order valence-corrected chi connectivity index (χ3v) is 7.87. The first-order chi connectivity index (χ1) is 17.0. The SMILES string of the molecule is CCCC(CC(=O)NSc1ccc(F)cc1)NC1=CCCC=C1NCc1csc2cccc(C)c12. The number of amides is 1. The van der Waals surface area contributed by atoms with Crippen molar-refractivity contribution in [2.45, 2.75) is 63.4 Å². The average Bonchev–Trinajstić information content (AvgIpc) is 3.28. The predicted molar refractivity (Wildman–Crippen MR) is 146 cm³/mol.